The minimum Gasteiger partial charge on any atom is -0.313 e. The van der Waals surface area contributed by atoms with Crippen molar-refractivity contribution in [1.82, 2.24) is 0 Å². The average molecular weight is 346 g/mol. The molecule has 0 bridgehead atoms. The summed E-state index contributed by atoms with van der Waals surface area (Å²) in [6.45, 7) is 10.0. The van der Waals surface area contributed by atoms with Gasteiger partial charge >= 0.3 is 0 Å². The van der Waals surface area contributed by atoms with E-state index in [1.54, 1.807) is 0 Å². The largest absolute Gasteiger partial charge is 0.313 e. The van der Waals surface area contributed by atoms with E-state index in [0.29, 0.717) is 0 Å². The number of nitrogens with two attached hydrogens (primary N) is 2. The minimum atomic E-state index is -0.621. The number of unbranched alkanes of at least 4 members (excludes halogenated alkanes) is 2. The summed E-state index contributed by atoms with van der Waals surface area (Å²) < 4.78 is 0. The first kappa shape index (κ1) is 21.0. The highest BCUT2D eigenvalue weighted by atomic mass is 79.9. The van der Waals surface area contributed by atoms with E-state index in [-0.39, 0.29) is 39.4 Å². The molecule has 0 aliphatic rings. The molecule has 0 aromatic rings. The highest BCUT2D eigenvalue weighted by molar-refractivity contribution is 8.93. The summed E-state index contributed by atoms with van der Waals surface area (Å²) >= 11 is 0. The molecule has 0 atom stereocenters. The summed E-state index contributed by atoms with van der Waals surface area (Å²) in [4.78, 5) is 0. The average Bonchev–Trinajstić information content (AvgIpc) is 2.04. The van der Waals surface area contributed by atoms with Gasteiger partial charge in [-0.15, -0.1) is 40.5 Å². The summed E-state index contributed by atoms with van der Waals surface area (Å²) in [6.07, 6.45) is 6.20. The maximum Gasteiger partial charge on any atom is 0.0724 e. The Morgan fingerprint density at radius 2 is 1.60 bits per heavy atom. The van der Waals surface area contributed by atoms with Gasteiger partial charge in [0.15, 0.2) is 0 Å². The molecule has 0 saturated carbocycles. The number of rotatable bonds is 6. The number of halogens is 2. The van der Waals surface area contributed by atoms with Crippen molar-refractivity contribution in [3.8, 4) is 0 Å². The molecule has 0 aromatic carbocycles. The Morgan fingerprint density at radius 3 is 1.93 bits per heavy atom. The molecule has 0 radical (unpaired) electrons. The molecule has 15 heavy (non-hydrogen) atoms. The van der Waals surface area contributed by atoms with Gasteiger partial charge in [-0.25, -0.2) is 0 Å². The van der Waals surface area contributed by atoms with Crippen LogP contribution in [0.2, 0.25) is 0 Å². The van der Waals surface area contributed by atoms with Crippen molar-refractivity contribution in [2.75, 3.05) is 0 Å². The van der Waals surface area contributed by atoms with Crippen molar-refractivity contribution in [3.05, 3.63) is 12.7 Å². The lowest BCUT2D eigenvalue weighted by Crippen LogP contribution is -2.59. The van der Waals surface area contributed by atoms with Crippen LogP contribution in [0.25, 0.3) is 0 Å². The van der Waals surface area contributed by atoms with Crippen molar-refractivity contribution in [2.45, 2.75) is 52.1 Å². The second kappa shape index (κ2) is 8.74. The fourth-order valence-electron chi connectivity index (χ4n) is 1.18. The quantitative estimate of drug-likeness (QED) is 0.439. The van der Waals surface area contributed by atoms with E-state index in [2.05, 4.69) is 13.5 Å². The van der Waals surface area contributed by atoms with Gasteiger partial charge in [0, 0.05) is 5.41 Å². The maximum atomic E-state index is 6.05. The Morgan fingerprint density at radius 1 is 1.13 bits per heavy atom. The minimum absolute atomic E-state index is 0. The smallest absolute Gasteiger partial charge is 0.0724 e. The van der Waals surface area contributed by atoms with Crippen molar-refractivity contribution in [3.63, 3.8) is 0 Å². The van der Waals surface area contributed by atoms with Crippen LogP contribution < -0.4 is 11.5 Å². The first-order valence-electron chi connectivity index (χ1n) is 5.08. The van der Waals surface area contributed by atoms with E-state index in [9.17, 15) is 0 Å². The van der Waals surface area contributed by atoms with Crippen LogP contribution in [0.5, 0.6) is 0 Å². The molecule has 0 rings (SSSR count). The van der Waals surface area contributed by atoms with Gasteiger partial charge in [0.25, 0.3) is 0 Å². The third kappa shape index (κ3) is 6.72. The van der Waals surface area contributed by atoms with Crippen molar-refractivity contribution < 1.29 is 0 Å². The van der Waals surface area contributed by atoms with Gasteiger partial charge in [-0.1, -0.05) is 46.1 Å². The number of hydrogen-bond donors (Lipinski definition) is 2. The van der Waals surface area contributed by atoms with Crippen LogP contribution >= 0.6 is 34.0 Å². The third-order valence-corrected chi connectivity index (χ3v) is 2.90. The lowest BCUT2D eigenvalue weighted by Gasteiger charge is -2.39. The molecule has 0 aliphatic carbocycles. The van der Waals surface area contributed by atoms with Gasteiger partial charge in [-0.05, 0) is 6.42 Å². The van der Waals surface area contributed by atoms with Gasteiger partial charge in [0.1, 0.15) is 0 Å². The van der Waals surface area contributed by atoms with Crippen LogP contribution in [0.15, 0.2) is 12.7 Å². The zero-order valence-electron chi connectivity index (χ0n) is 10.1. The van der Waals surface area contributed by atoms with E-state index in [4.69, 9.17) is 11.5 Å². The van der Waals surface area contributed by atoms with Gasteiger partial charge in [0.05, 0.1) is 5.66 Å². The molecule has 0 unspecified atom stereocenters. The molecule has 0 spiro atoms. The zero-order valence-corrected chi connectivity index (χ0v) is 13.5. The van der Waals surface area contributed by atoms with Crippen molar-refractivity contribution in [1.29, 1.82) is 0 Å². The number of hydrogen-bond acceptors (Lipinski definition) is 2. The standard InChI is InChI=1S/C11H24N2.2BrH/c1-5-7-8-9-11(12,13)10(3,4)6-2;;/h6H,2,5,7-9,12-13H2,1,3-4H3;2*1H. The van der Waals surface area contributed by atoms with E-state index >= 15 is 0 Å². The molecule has 0 aromatic heterocycles. The SMILES string of the molecule is Br.Br.C=CC(C)(C)C(N)(N)CCCCC. The lowest BCUT2D eigenvalue weighted by molar-refractivity contribution is 0.210. The fraction of sp³-hybridized carbons (Fsp3) is 0.818. The van der Waals surface area contributed by atoms with Gasteiger partial charge in [-0.2, -0.15) is 0 Å². The summed E-state index contributed by atoms with van der Waals surface area (Å²) in [6, 6.07) is 0. The molecular formula is C11H26Br2N2. The summed E-state index contributed by atoms with van der Waals surface area (Å²) in [5, 5.41) is 0. The second-order valence-electron chi connectivity index (χ2n) is 4.42. The maximum absolute atomic E-state index is 6.05. The van der Waals surface area contributed by atoms with Crippen LogP contribution in [0.1, 0.15) is 46.5 Å². The van der Waals surface area contributed by atoms with Gasteiger partial charge < -0.3 is 11.5 Å². The van der Waals surface area contributed by atoms with Crippen LogP contribution in [-0.2, 0) is 0 Å². The normalized spacial score (nSPS) is 11.3. The zero-order chi connectivity index (χ0) is 10.5. The molecule has 2 nitrogen and oxygen atoms in total. The first-order valence-corrected chi connectivity index (χ1v) is 5.08. The molecule has 0 fully saturated rings. The van der Waals surface area contributed by atoms with Gasteiger partial charge in [-0.3, -0.25) is 0 Å². The topological polar surface area (TPSA) is 52.0 Å². The Bertz CT molecular complexity index is 168. The lowest BCUT2D eigenvalue weighted by atomic mass is 9.77. The predicted octanol–water partition coefficient (Wildman–Crippen LogP) is 3.55. The van der Waals surface area contributed by atoms with Crippen LogP contribution in [-0.4, -0.2) is 5.66 Å². The Kier molecular flexibility index (Phi) is 12.2. The van der Waals surface area contributed by atoms with Crippen molar-refractivity contribution >= 4 is 34.0 Å². The molecule has 0 saturated heterocycles. The van der Waals surface area contributed by atoms with Gasteiger partial charge in [0.2, 0.25) is 0 Å². The Labute approximate surface area is 115 Å². The van der Waals surface area contributed by atoms with E-state index in [0.717, 1.165) is 12.8 Å². The summed E-state index contributed by atoms with van der Waals surface area (Å²) in [5.74, 6) is 0. The molecule has 4 heteroatoms. The van der Waals surface area contributed by atoms with Crippen LogP contribution in [0.4, 0.5) is 0 Å². The van der Waals surface area contributed by atoms with Crippen molar-refractivity contribution in [2.24, 2.45) is 16.9 Å². The van der Waals surface area contributed by atoms with E-state index in [1.807, 2.05) is 19.9 Å². The predicted molar refractivity (Wildman–Crippen MR) is 79.9 cm³/mol. The monoisotopic (exact) mass is 344 g/mol. The van der Waals surface area contributed by atoms with Crippen LogP contribution in [0.3, 0.4) is 0 Å². The van der Waals surface area contributed by atoms with Crippen LogP contribution in [0, 0.1) is 5.41 Å². The fourth-order valence-corrected chi connectivity index (χ4v) is 1.18. The van der Waals surface area contributed by atoms with E-state index < -0.39 is 5.66 Å². The second-order valence-corrected chi connectivity index (χ2v) is 4.42. The molecule has 0 amide bonds. The third-order valence-electron chi connectivity index (χ3n) is 2.90. The highest BCUT2D eigenvalue weighted by Gasteiger charge is 2.34. The Balaban J connectivity index is -0.000000720. The van der Waals surface area contributed by atoms with E-state index in [1.165, 1.54) is 12.8 Å². The highest BCUT2D eigenvalue weighted by Crippen LogP contribution is 2.29. The molecule has 4 N–H and O–H groups in total. The molecular weight excluding hydrogens is 320 g/mol. The summed E-state index contributed by atoms with van der Waals surface area (Å²) in [7, 11) is 0. The Hall–Kier alpha value is 0.620. The first-order chi connectivity index (χ1) is 5.87. The summed E-state index contributed by atoms with van der Waals surface area (Å²) in [5.41, 5.74) is 11.3. The molecule has 0 heterocycles. The molecule has 0 aliphatic heterocycles. The molecule has 94 valence electrons.